The van der Waals surface area contributed by atoms with Crippen molar-refractivity contribution < 1.29 is 10.2 Å². The lowest BCUT2D eigenvalue weighted by Gasteiger charge is -2.14. The third kappa shape index (κ3) is 0.838. The maximum atomic E-state index is 11.6. The Balaban J connectivity index is 2.24. The van der Waals surface area contributed by atoms with Gasteiger partial charge in [0.1, 0.15) is 5.75 Å². The number of hydrogen-bond acceptors (Lipinski definition) is 3. The molecule has 74 valence electrons. The van der Waals surface area contributed by atoms with Gasteiger partial charge in [0, 0.05) is 17.7 Å². The number of pyridine rings is 1. The highest BCUT2D eigenvalue weighted by Crippen LogP contribution is 2.58. The third-order valence-electron chi connectivity index (χ3n) is 3.32. The molecule has 0 radical (unpaired) electrons. The van der Waals surface area contributed by atoms with Crippen LogP contribution in [0.15, 0.2) is 16.9 Å². The van der Waals surface area contributed by atoms with E-state index in [2.05, 4.69) is 0 Å². The quantitative estimate of drug-likeness (QED) is 0.670. The number of aromatic hydroxyl groups is 1. The molecule has 1 aromatic rings. The second-order valence-electron chi connectivity index (χ2n) is 4.10. The Bertz CT molecular complexity index is 451. The van der Waals surface area contributed by atoms with Crippen molar-refractivity contribution in [1.82, 2.24) is 4.57 Å². The zero-order chi connectivity index (χ0) is 9.87. The minimum Gasteiger partial charge on any atom is -0.508 e. The smallest absolute Gasteiger partial charge is 0.254 e. The molecule has 0 spiro atoms. The van der Waals surface area contributed by atoms with Crippen molar-refractivity contribution in [2.45, 2.75) is 18.4 Å². The SMILES string of the molecule is O=c1cc(O)cc2n1[C@H](CO)[C@H]1C[C@@H]21. The minimum atomic E-state index is -0.203. The second kappa shape index (κ2) is 2.39. The molecule has 0 aromatic carbocycles. The standard InChI is InChI=1S/C10H11NO3/c12-4-9-7-3-6(7)8-1-5(13)2-10(14)11(8)9/h1-2,6-7,9,12-13H,3-4H2/t6-,7+,9-/m1/s1. The molecule has 1 aliphatic carbocycles. The van der Waals surface area contributed by atoms with Crippen LogP contribution in [0.5, 0.6) is 5.75 Å². The summed E-state index contributed by atoms with van der Waals surface area (Å²) in [5.41, 5.74) is 0.685. The van der Waals surface area contributed by atoms with Crippen molar-refractivity contribution in [2.75, 3.05) is 6.61 Å². The van der Waals surface area contributed by atoms with E-state index in [-0.39, 0.29) is 24.0 Å². The molecule has 2 aliphatic rings. The van der Waals surface area contributed by atoms with E-state index in [1.54, 1.807) is 10.6 Å². The lowest BCUT2D eigenvalue weighted by Crippen LogP contribution is -2.26. The van der Waals surface area contributed by atoms with E-state index < -0.39 is 0 Å². The number of rotatable bonds is 1. The van der Waals surface area contributed by atoms with Crippen molar-refractivity contribution in [3.8, 4) is 5.75 Å². The van der Waals surface area contributed by atoms with Crippen molar-refractivity contribution in [1.29, 1.82) is 0 Å². The Hall–Kier alpha value is -1.29. The van der Waals surface area contributed by atoms with E-state index >= 15 is 0 Å². The van der Waals surface area contributed by atoms with Crippen molar-refractivity contribution in [2.24, 2.45) is 5.92 Å². The highest BCUT2D eigenvalue weighted by molar-refractivity contribution is 5.33. The van der Waals surface area contributed by atoms with Gasteiger partial charge < -0.3 is 14.8 Å². The monoisotopic (exact) mass is 193 g/mol. The zero-order valence-electron chi connectivity index (χ0n) is 7.55. The Morgan fingerprint density at radius 2 is 2.29 bits per heavy atom. The fourth-order valence-electron chi connectivity index (χ4n) is 2.62. The van der Waals surface area contributed by atoms with Gasteiger partial charge in [-0.15, -0.1) is 0 Å². The summed E-state index contributed by atoms with van der Waals surface area (Å²) in [4.78, 5) is 11.6. The molecule has 2 N–H and O–H groups in total. The first-order valence-corrected chi connectivity index (χ1v) is 4.78. The van der Waals surface area contributed by atoms with Gasteiger partial charge in [0.15, 0.2) is 0 Å². The predicted molar refractivity (Wildman–Crippen MR) is 49.3 cm³/mol. The summed E-state index contributed by atoms with van der Waals surface area (Å²) in [5, 5.41) is 18.5. The highest BCUT2D eigenvalue weighted by Gasteiger charge is 2.52. The van der Waals surface area contributed by atoms with Crippen LogP contribution in [0.1, 0.15) is 24.1 Å². The van der Waals surface area contributed by atoms with Gasteiger partial charge in [-0.1, -0.05) is 0 Å². The lowest BCUT2D eigenvalue weighted by molar-refractivity contribution is 0.217. The normalized spacial score (nSPS) is 32.5. The molecule has 1 aromatic heterocycles. The van der Waals surface area contributed by atoms with E-state index in [1.807, 2.05) is 0 Å². The molecule has 0 unspecified atom stereocenters. The molecule has 2 heterocycles. The molecule has 1 fully saturated rings. The Morgan fingerprint density at radius 1 is 1.50 bits per heavy atom. The Morgan fingerprint density at radius 3 is 3.00 bits per heavy atom. The molecule has 3 rings (SSSR count). The average molecular weight is 193 g/mol. The van der Waals surface area contributed by atoms with Crippen molar-refractivity contribution in [3.63, 3.8) is 0 Å². The second-order valence-corrected chi connectivity index (χ2v) is 4.10. The fourth-order valence-corrected chi connectivity index (χ4v) is 2.62. The first-order valence-electron chi connectivity index (χ1n) is 4.78. The molecule has 14 heavy (non-hydrogen) atoms. The highest BCUT2D eigenvalue weighted by atomic mass is 16.3. The summed E-state index contributed by atoms with van der Waals surface area (Å²) < 4.78 is 1.62. The Kier molecular flexibility index (Phi) is 1.37. The van der Waals surface area contributed by atoms with E-state index in [1.165, 1.54) is 6.07 Å². The molecule has 4 heteroatoms. The molecular weight excluding hydrogens is 182 g/mol. The van der Waals surface area contributed by atoms with Crippen LogP contribution in [0.3, 0.4) is 0 Å². The fraction of sp³-hybridized carbons (Fsp3) is 0.500. The van der Waals surface area contributed by atoms with Crippen LogP contribution in [-0.2, 0) is 0 Å². The maximum Gasteiger partial charge on any atom is 0.254 e. The predicted octanol–water partition coefficient (Wildman–Crippen LogP) is 0.204. The number of fused-ring (bicyclic) bond motifs is 3. The van der Waals surface area contributed by atoms with Gasteiger partial charge in [-0.05, 0) is 18.4 Å². The van der Waals surface area contributed by atoms with Crippen LogP contribution in [0.2, 0.25) is 0 Å². The number of hydrogen-bond donors (Lipinski definition) is 2. The van der Waals surface area contributed by atoms with E-state index in [9.17, 15) is 15.0 Å². The van der Waals surface area contributed by atoms with E-state index in [0.29, 0.717) is 11.8 Å². The van der Waals surface area contributed by atoms with Gasteiger partial charge in [-0.3, -0.25) is 4.79 Å². The maximum absolute atomic E-state index is 11.6. The van der Waals surface area contributed by atoms with Gasteiger partial charge in [0.05, 0.1) is 12.6 Å². The van der Waals surface area contributed by atoms with Gasteiger partial charge >= 0.3 is 0 Å². The molecular formula is C10H11NO3. The molecule has 0 saturated heterocycles. The number of nitrogens with zero attached hydrogens (tertiary/aromatic N) is 1. The average Bonchev–Trinajstić information content (AvgIpc) is 2.84. The number of aliphatic hydroxyl groups excluding tert-OH is 1. The molecule has 0 bridgehead atoms. The molecule has 4 nitrogen and oxygen atoms in total. The van der Waals surface area contributed by atoms with E-state index in [4.69, 9.17) is 0 Å². The molecule has 0 amide bonds. The van der Waals surface area contributed by atoms with Crippen LogP contribution < -0.4 is 5.56 Å². The lowest BCUT2D eigenvalue weighted by atomic mass is 10.2. The largest absolute Gasteiger partial charge is 0.508 e. The molecule has 1 aliphatic heterocycles. The van der Waals surface area contributed by atoms with E-state index in [0.717, 1.165) is 12.1 Å². The Labute approximate surface area is 80.4 Å². The summed E-state index contributed by atoms with van der Waals surface area (Å²) in [6.45, 7) is 0.0127. The van der Waals surface area contributed by atoms with Crippen LogP contribution in [0.4, 0.5) is 0 Å². The van der Waals surface area contributed by atoms with Gasteiger partial charge in [0.25, 0.3) is 5.56 Å². The zero-order valence-corrected chi connectivity index (χ0v) is 7.55. The topological polar surface area (TPSA) is 62.5 Å². The van der Waals surface area contributed by atoms with Crippen molar-refractivity contribution >= 4 is 0 Å². The summed E-state index contributed by atoms with van der Waals surface area (Å²) >= 11 is 0. The minimum absolute atomic E-state index is 0.0127. The number of aliphatic hydroxyl groups is 1. The third-order valence-corrected chi connectivity index (χ3v) is 3.32. The summed E-state index contributed by atoms with van der Waals surface area (Å²) in [5.74, 6) is 0.826. The van der Waals surface area contributed by atoms with Crippen molar-refractivity contribution in [3.05, 3.63) is 28.2 Å². The van der Waals surface area contributed by atoms with Gasteiger partial charge in [0.2, 0.25) is 0 Å². The van der Waals surface area contributed by atoms with Crippen LogP contribution in [0, 0.1) is 5.92 Å². The first-order chi connectivity index (χ1) is 6.72. The van der Waals surface area contributed by atoms with Crippen LogP contribution >= 0.6 is 0 Å². The van der Waals surface area contributed by atoms with Crippen LogP contribution in [-0.4, -0.2) is 21.4 Å². The summed E-state index contributed by atoms with van der Waals surface area (Å²) in [6.07, 6.45) is 1.04. The number of aromatic nitrogens is 1. The van der Waals surface area contributed by atoms with Crippen LogP contribution in [0.25, 0.3) is 0 Å². The van der Waals surface area contributed by atoms with Gasteiger partial charge in [-0.2, -0.15) is 0 Å². The van der Waals surface area contributed by atoms with Gasteiger partial charge in [-0.25, -0.2) is 0 Å². The molecule has 1 saturated carbocycles. The summed E-state index contributed by atoms with van der Waals surface area (Å²) in [7, 11) is 0. The first kappa shape index (κ1) is 8.05. The molecule has 3 atom stereocenters. The summed E-state index contributed by atoms with van der Waals surface area (Å²) in [6, 6.07) is 2.78.